The molecule has 1 aromatic carbocycles. The van der Waals surface area contributed by atoms with Crippen molar-refractivity contribution in [1.82, 2.24) is 28.7 Å². The number of carbonyl (C=O) groups is 1. The Morgan fingerprint density at radius 2 is 1.74 bits per heavy atom. The standard InChI is InChI=1S/C20H20N8O5S/c1-12-8-9-21-19(23-12)25-34(32,33)14-6-4-13(5-7-14)24-15(29)10-28-11-22-17-16(28)18(30)27(3)20(31)26(17)2/h4-9,11H,10H2,1-3H3,(H,24,29)(H,21,23,25). The number of anilines is 2. The fourth-order valence-corrected chi connectivity index (χ4v) is 4.22. The van der Waals surface area contributed by atoms with Gasteiger partial charge in [-0.05, 0) is 37.3 Å². The fourth-order valence-electron chi connectivity index (χ4n) is 3.27. The van der Waals surface area contributed by atoms with Crippen molar-refractivity contribution in [3.05, 3.63) is 69.4 Å². The molecule has 2 N–H and O–H groups in total. The molecular weight excluding hydrogens is 464 g/mol. The molecule has 0 aliphatic rings. The molecule has 3 aromatic heterocycles. The Balaban J connectivity index is 1.50. The first-order valence-electron chi connectivity index (χ1n) is 9.90. The molecule has 4 aromatic rings. The van der Waals surface area contributed by atoms with E-state index in [1.807, 2.05) is 0 Å². The van der Waals surface area contributed by atoms with Crippen LogP contribution in [0.25, 0.3) is 11.2 Å². The number of hydrogen-bond acceptors (Lipinski definition) is 8. The summed E-state index contributed by atoms with van der Waals surface area (Å²) in [6, 6.07) is 7.15. The van der Waals surface area contributed by atoms with Crippen LogP contribution in [0.4, 0.5) is 11.6 Å². The van der Waals surface area contributed by atoms with Crippen molar-refractivity contribution < 1.29 is 13.2 Å². The first kappa shape index (κ1) is 22.8. The molecule has 176 valence electrons. The highest BCUT2D eigenvalue weighted by molar-refractivity contribution is 7.92. The number of benzene rings is 1. The number of rotatable bonds is 6. The molecule has 0 saturated carbocycles. The lowest BCUT2D eigenvalue weighted by molar-refractivity contribution is -0.116. The molecule has 0 fully saturated rings. The second-order valence-corrected chi connectivity index (χ2v) is 9.13. The highest BCUT2D eigenvalue weighted by Gasteiger charge is 2.18. The number of sulfonamides is 1. The van der Waals surface area contributed by atoms with Crippen molar-refractivity contribution in [1.29, 1.82) is 0 Å². The monoisotopic (exact) mass is 484 g/mol. The van der Waals surface area contributed by atoms with Crippen LogP contribution in [-0.2, 0) is 35.5 Å². The Hall–Kier alpha value is -4.33. The topological polar surface area (TPSA) is 163 Å². The summed E-state index contributed by atoms with van der Waals surface area (Å²) < 4.78 is 30.9. The molecule has 0 aliphatic carbocycles. The summed E-state index contributed by atoms with van der Waals surface area (Å²) in [4.78, 5) is 49.0. The van der Waals surface area contributed by atoms with Gasteiger partial charge < -0.3 is 9.88 Å². The number of imidazole rings is 1. The van der Waals surface area contributed by atoms with E-state index in [9.17, 15) is 22.8 Å². The number of amides is 1. The fraction of sp³-hybridized carbons (Fsp3) is 0.200. The van der Waals surface area contributed by atoms with Crippen LogP contribution in [0.5, 0.6) is 0 Å². The molecule has 0 aliphatic heterocycles. The average Bonchev–Trinajstić information content (AvgIpc) is 3.20. The summed E-state index contributed by atoms with van der Waals surface area (Å²) in [5.41, 5.74) is 0.150. The van der Waals surface area contributed by atoms with E-state index in [1.54, 1.807) is 13.0 Å². The van der Waals surface area contributed by atoms with Gasteiger partial charge in [0.05, 0.1) is 11.2 Å². The minimum atomic E-state index is -3.92. The van der Waals surface area contributed by atoms with Crippen molar-refractivity contribution in [2.45, 2.75) is 18.4 Å². The summed E-state index contributed by atoms with van der Waals surface area (Å²) in [5, 5.41) is 2.64. The molecule has 4 rings (SSSR count). The number of carbonyl (C=O) groups excluding carboxylic acids is 1. The summed E-state index contributed by atoms with van der Waals surface area (Å²) >= 11 is 0. The van der Waals surface area contributed by atoms with Gasteiger partial charge in [0.2, 0.25) is 11.9 Å². The Labute approximate surface area is 192 Å². The van der Waals surface area contributed by atoms with Gasteiger partial charge in [0.15, 0.2) is 11.2 Å². The highest BCUT2D eigenvalue weighted by Crippen LogP contribution is 2.17. The van der Waals surface area contributed by atoms with E-state index in [0.29, 0.717) is 11.4 Å². The predicted octanol–water partition coefficient (Wildman–Crippen LogP) is -0.0284. The molecule has 0 radical (unpaired) electrons. The molecular formula is C20H20N8O5S. The highest BCUT2D eigenvalue weighted by atomic mass is 32.2. The molecule has 3 heterocycles. The second kappa shape index (κ2) is 8.55. The van der Waals surface area contributed by atoms with E-state index in [2.05, 4.69) is 25.0 Å². The zero-order chi connectivity index (χ0) is 24.6. The van der Waals surface area contributed by atoms with E-state index in [1.165, 1.54) is 60.0 Å². The number of aryl methyl sites for hydroxylation is 2. The van der Waals surface area contributed by atoms with E-state index < -0.39 is 27.2 Å². The van der Waals surface area contributed by atoms with Gasteiger partial charge in [-0.3, -0.25) is 18.7 Å². The van der Waals surface area contributed by atoms with Crippen molar-refractivity contribution in [3.63, 3.8) is 0 Å². The number of fused-ring (bicyclic) bond motifs is 1. The maximum Gasteiger partial charge on any atom is 0.332 e. The largest absolute Gasteiger partial charge is 0.332 e. The third-order valence-corrected chi connectivity index (χ3v) is 6.34. The first-order valence-corrected chi connectivity index (χ1v) is 11.4. The molecule has 34 heavy (non-hydrogen) atoms. The van der Waals surface area contributed by atoms with Gasteiger partial charge in [-0.15, -0.1) is 0 Å². The van der Waals surface area contributed by atoms with E-state index in [-0.39, 0.29) is 28.6 Å². The molecule has 1 amide bonds. The second-order valence-electron chi connectivity index (χ2n) is 7.45. The summed E-state index contributed by atoms with van der Waals surface area (Å²) in [6.45, 7) is 1.47. The molecule has 13 nitrogen and oxygen atoms in total. The SMILES string of the molecule is Cc1ccnc(NS(=O)(=O)c2ccc(NC(=O)Cn3cnc4c3c(=O)n(C)c(=O)n4C)cc2)n1. The molecule has 0 unspecified atom stereocenters. The lowest BCUT2D eigenvalue weighted by Crippen LogP contribution is -2.37. The maximum absolute atomic E-state index is 12.5. The van der Waals surface area contributed by atoms with Crippen LogP contribution in [0.15, 0.2) is 57.3 Å². The van der Waals surface area contributed by atoms with Gasteiger partial charge in [0.25, 0.3) is 15.6 Å². The van der Waals surface area contributed by atoms with E-state index in [4.69, 9.17) is 0 Å². The summed E-state index contributed by atoms with van der Waals surface area (Å²) in [6.07, 6.45) is 2.75. The lowest BCUT2D eigenvalue weighted by Gasteiger charge is -2.10. The first-order chi connectivity index (χ1) is 16.1. The smallest absolute Gasteiger partial charge is 0.325 e. The predicted molar refractivity (Wildman–Crippen MR) is 123 cm³/mol. The Kier molecular flexibility index (Phi) is 5.75. The Bertz CT molecular complexity index is 1630. The van der Waals surface area contributed by atoms with E-state index in [0.717, 1.165) is 4.57 Å². The number of hydrogen-bond donors (Lipinski definition) is 2. The molecule has 0 spiro atoms. The van der Waals surface area contributed by atoms with E-state index >= 15 is 0 Å². The number of aromatic nitrogens is 6. The third kappa shape index (κ3) is 4.30. The van der Waals surface area contributed by atoms with Gasteiger partial charge >= 0.3 is 5.69 Å². The molecule has 0 atom stereocenters. The minimum Gasteiger partial charge on any atom is -0.325 e. The average molecular weight is 484 g/mol. The van der Waals surface area contributed by atoms with Gasteiger partial charge in [-0.1, -0.05) is 0 Å². The number of nitrogens with one attached hydrogen (secondary N) is 2. The van der Waals surface area contributed by atoms with Gasteiger partial charge in [0, 0.05) is 31.7 Å². The quantitative estimate of drug-likeness (QED) is 0.385. The normalized spacial score (nSPS) is 11.5. The van der Waals surface area contributed by atoms with Crippen molar-refractivity contribution in [2.75, 3.05) is 10.0 Å². The van der Waals surface area contributed by atoms with Crippen LogP contribution in [0, 0.1) is 6.92 Å². The third-order valence-electron chi connectivity index (χ3n) is 5.00. The van der Waals surface area contributed by atoms with Crippen molar-refractivity contribution >= 4 is 38.7 Å². The maximum atomic E-state index is 12.5. The Morgan fingerprint density at radius 3 is 2.41 bits per heavy atom. The molecule has 0 bridgehead atoms. The Morgan fingerprint density at radius 1 is 1.03 bits per heavy atom. The molecule has 14 heteroatoms. The van der Waals surface area contributed by atoms with Crippen LogP contribution in [-0.4, -0.2) is 43.0 Å². The van der Waals surface area contributed by atoms with Gasteiger partial charge in [0.1, 0.15) is 6.54 Å². The van der Waals surface area contributed by atoms with Crippen LogP contribution in [0.2, 0.25) is 0 Å². The van der Waals surface area contributed by atoms with Crippen LogP contribution < -0.4 is 21.3 Å². The zero-order valence-electron chi connectivity index (χ0n) is 18.4. The van der Waals surface area contributed by atoms with Gasteiger partial charge in [-0.25, -0.2) is 32.9 Å². The summed E-state index contributed by atoms with van der Waals surface area (Å²) in [5.74, 6) is -0.523. The van der Waals surface area contributed by atoms with Crippen LogP contribution in [0.1, 0.15) is 5.69 Å². The minimum absolute atomic E-state index is 0.0411. The van der Waals surface area contributed by atoms with Gasteiger partial charge in [-0.2, -0.15) is 0 Å². The van der Waals surface area contributed by atoms with Crippen LogP contribution >= 0.6 is 0 Å². The van der Waals surface area contributed by atoms with Crippen molar-refractivity contribution in [3.8, 4) is 0 Å². The summed E-state index contributed by atoms with van der Waals surface area (Å²) in [7, 11) is -1.09. The number of nitrogens with zero attached hydrogens (tertiary/aromatic N) is 6. The zero-order valence-corrected chi connectivity index (χ0v) is 19.2. The van der Waals surface area contributed by atoms with Crippen molar-refractivity contribution in [2.24, 2.45) is 14.1 Å². The van der Waals surface area contributed by atoms with Crippen LogP contribution in [0.3, 0.4) is 0 Å². The molecule has 0 saturated heterocycles. The lowest BCUT2D eigenvalue weighted by atomic mass is 10.3.